The van der Waals surface area contributed by atoms with Crippen molar-refractivity contribution in [2.75, 3.05) is 13.2 Å². The zero-order chi connectivity index (χ0) is 13.7. The van der Waals surface area contributed by atoms with Crippen molar-refractivity contribution < 1.29 is 19.4 Å². The number of carbonyl (C=O) groups excluding carboxylic acids is 1. The fourth-order valence-corrected chi connectivity index (χ4v) is 2.85. The number of ether oxygens (including phenoxy) is 1. The smallest absolute Gasteiger partial charge is 0.310 e. The second-order valence-corrected chi connectivity index (χ2v) is 5.74. The number of hydrogen-bond acceptors (Lipinski definition) is 3. The summed E-state index contributed by atoms with van der Waals surface area (Å²) >= 11 is 0. The number of aliphatic carboxylic acids is 1. The molecule has 1 amide bonds. The summed E-state index contributed by atoms with van der Waals surface area (Å²) in [6.45, 7) is 1.40. The highest BCUT2D eigenvalue weighted by Gasteiger charge is 2.45. The van der Waals surface area contributed by atoms with Crippen LogP contribution in [0.15, 0.2) is 0 Å². The average Bonchev–Trinajstić information content (AvgIpc) is 2.34. The van der Waals surface area contributed by atoms with Gasteiger partial charge in [0.25, 0.3) is 0 Å². The Balaban J connectivity index is 1.65. The normalized spacial score (nSPS) is 25.4. The highest BCUT2D eigenvalue weighted by molar-refractivity contribution is 5.85. The molecule has 1 aliphatic carbocycles. The molecule has 1 atom stereocenters. The number of carbonyl (C=O) groups is 2. The van der Waals surface area contributed by atoms with Gasteiger partial charge in [-0.2, -0.15) is 0 Å². The van der Waals surface area contributed by atoms with Crippen molar-refractivity contribution in [1.82, 2.24) is 5.32 Å². The van der Waals surface area contributed by atoms with E-state index in [0.29, 0.717) is 19.4 Å². The van der Waals surface area contributed by atoms with Gasteiger partial charge in [0.1, 0.15) is 0 Å². The van der Waals surface area contributed by atoms with Crippen molar-refractivity contribution in [3.63, 3.8) is 0 Å². The lowest BCUT2D eigenvalue weighted by molar-refractivity contribution is -0.157. The molecule has 0 aromatic carbocycles. The molecule has 19 heavy (non-hydrogen) atoms. The molecule has 1 unspecified atom stereocenters. The van der Waals surface area contributed by atoms with Gasteiger partial charge >= 0.3 is 5.97 Å². The number of carboxylic acids is 1. The number of hydrogen-bond donors (Lipinski definition) is 2. The molecule has 0 radical (unpaired) electrons. The minimum atomic E-state index is -0.829. The monoisotopic (exact) mass is 269 g/mol. The lowest BCUT2D eigenvalue weighted by Crippen LogP contribution is -2.43. The molecular weight excluding hydrogens is 246 g/mol. The molecule has 2 aliphatic rings. The van der Waals surface area contributed by atoms with Crippen LogP contribution in [0.3, 0.4) is 0 Å². The molecule has 1 saturated carbocycles. The van der Waals surface area contributed by atoms with Gasteiger partial charge in [0.2, 0.25) is 5.91 Å². The van der Waals surface area contributed by atoms with E-state index < -0.39 is 11.4 Å². The van der Waals surface area contributed by atoms with Crippen molar-refractivity contribution in [3.8, 4) is 0 Å². The highest BCUT2D eigenvalue weighted by atomic mass is 16.5. The second-order valence-electron chi connectivity index (χ2n) is 5.74. The van der Waals surface area contributed by atoms with Gasteiger partial charge in [-0.3, -0.25) is 9.59 Å². The maximum Gasteiger partial charge on any atom is 0.310 e. The van der Waals surface area contributed by atoms with Gasteiger partial charge in [-0.1, -0.05) is 6.42 Å². The Hall–Kier alpha value is -1.10. The van der Waals surface area contributed by atoms with Gasteiger partial charge in [0.05, 0.1) is 11.5 Å². The first kappa shape index (κ1) is 14.3. The Morgan fingerprint density at radius 2 is 2.05 bits per heavy atom. The zero-order valence-corrected chi connectivity index (χ0v) is 11.3. The van der Waals surface area contributed by atoms with Gasteiger partial charge in [0.15, 0.2) is 0 Å². The number of nitrogens with one attached hydrogen (secondary N) is 1. The average molecular weight is 269 g/mol. The van der Waals surface area contributed by atoms with Gasteiger partial charge in [0, 0.05) is 19.6 Å². The number of carboxylic acid groups (broad SMARTS) is 1. The largest absolute Gasteiger partial charge is 0.481 e. The summed E-state index contributed by atoms with van der Waals surface area (Å²) in [5.41, 5.74) is -0.786. The summed E-state index contributed by atoms with van der Waals surface area (Å²) in [4.78, 5) is 22.9. The fraction of sp³-hybridized carbons (Fsp3) is 0.857. The van der Waals surface area contributed by atoms with E-state index >= 15 is 0 Å². The minimum absolute atomic E-state index is 0.119. The van der Waals surface area contributed by atoms with Crippen LogP contribution >= 0.6 is 0 Å². The van der Waals surface area contributed by atoms with E-state index in [0.717, 1.165) is 32.3 Å². The summed E-state index contributed by atoms with van der Waals surface area (Å²) < 4.78 is 5.59. The van der Waals surface area contributed by atoms with Crippen molar-refractivity contribution in [2.24, 2.45) is 5.41 Å². The van der Waals surface area contributed by atoms with Gasteiger partial charge in [-0.25, -0.2) is 0 Å². The lowest BCUT2D eigenvalue weighted by atomic mass is 9.66. The molecule has 5 heteroatoms. The first-order chi connectivity index (χ1) is 9.12. The van der Waals surface area contributed by atoms with Crippen LogP contribution in [0.2, 0.25) is 0 Å². The molecule has 2 fully saturated rings. The topological polar surface area (TPSA) is 75.6 Å². The van der Waals surface area contributed by atoms with E-state index in [1.807, 2.05) is 0 Å². The van der Waals surface area contributed by atoms with E-state index in [2.05, 4.69) is 5.32 Å². The SMILES string of the molecule is O=C(CC1(C(=O)O)CCC1)NCCC1CCCCO1. The predicted octanol–water partition coefficient (Wildman–Crippen LogP) is 1.71. The summed E-state index contributed by atoms with van der Waals surface area (Å²) in [5.74, 6) is -0.970. The maximum atomic E-state index is 11.8. The van der Waals surface area contributed by atoms with Crippen LogP contribution in [0.1, 0.15) is 51.4 Å². The molecule has 1 aliphatic heterocycles. The van der Waals surface area contributed by atoms with Crippen LogP contribution in [0.5, 0.6) is 0 Å². The second kappa shape index (κ2) is 6.37. The first-order valence-electron chi connectivity index (χ1n) is 7.24. The Morgan fingerprint density at radius 3 is 2.58 bits per heavy atom. The van der Waals surface area contributed by atoms with E-state index in [1.165, 1.54) is 6.42 Å². The quantitative estimate of drug-likeness (QED) is 0.769. The highest BCUT2D eigenvalue weighted by Crippen LogP contribution is 2.44. The molecule has 2 N–H and O–H groups in total. The third-order valence-corrected chi connectivity index (χ3v) is 4.33. The van der Waals surface area contributed by atoms with E-state index in [-0.39, 0.29) is 18.4 Å². The Morgan fingerprint density at radius 1 is 1.26 bits per heavy atom. The summed E-state index contributed by atoms with van der Waals surface area (Å²) in [6, 6.07) is 0. The zero-order valence-electron chi connectivity index (χ0n) is 11.3. The van der Waals surface area contributed by atoms with Crippen LogP contribution in [0, 0.1) is 5.41 Å². The molecule has 1 heterocycles. The molecule has 0 bridgehead atoms. The Labute approximate surface area is 113 Å². The van der Waals surface area contributed by atoms with Crippen LogP contribution < -0.4 is 5.32 Å². The van der Waals surface area contributed by atoms with Crippen LogP contribution in [-0.4, -0.2) is 36.2 Å². The summed E-state index contributed by atoms with van der Waals surface area (Å²) in [5, 5.41) is 12.0. The minimum Gasteiger partial charge on any atom is -0.481 e. The first-order valence-corrected chi connectivity index (χ1v) is 7.24. The van der Waals surface area contributed by atoms with Gasteiger partial charge in [-0.15, -0.1) is 0 Å². The maximum absolute atomic E-state index is 11.8. The molecule has 2 rings (SSSR count). The van der Waals surface area contributed by atoms with Crippen LogP contribution in [-0.2, 0) is 14.3 Å². The molecule has 0 aromatic rings. The molecule has 5 nitrogen and oxygen atoms in total. The number of rotatable bonds is 6. The molecule has 0 aromatic heterocycles. The van der Waals surface area contributed by atoms with Crippen LogP contribution in [0.4, 0.5) is 0 Å². The summed E-state index contributed by atoms with van der Waals surface area (Å²) in [6.07, 6.45) is 6.75. The lowest BCUT2D eigenvalue weighted by Gasteiger charge is -2.37. The van der Waals surface area contributed by atoms with Crippen molar-refractivity contribution in [3.05, 3.63) is 0 Å². The summed E-state index contributed by atoms with van der Waals surface area (Å²) in [7, 11) is 0. The van der Waals surface area contributed by atoms with Crippen molar-refractivity contribution >= 4 is 11.9 Å². The Bertz CT molecular complexity index is 332. The van der Waals surface area contributed by atoms with Crippen molar-refractivity contribution in [2.45, 2.75) is 57.5 Å². The predicted molar refractivity (Wildman–Crippen MR) is 69.8 cm³/mol. The Kier molecular flexibility index (Phi) is 4.80. The van der Waals surface area contributed by atoms with E-state index in [9.17, 15) is 9.59 Å². The van der Waals surface area contributed by atoms with Crippen LogP contribution in [0.25, 0.3) is 0 Å². The van der Waals surface area contributed by atoms with Crippen molar-refractivity contribution in [1.29, 1.82) is 0 Å². The van der Waals surface area contributed by atoms with E-state index in [4.69, 9.17) is 9.84 Å². The molecule has 0 spiro atoms. The fourth-order valence-electron chi connectivity index (χ4n) is 2.85. The molecule has 1 saturated heterocycles. The van der Waals surface area contributed by atoms with Gasteiger partial charge in [-0.05, 0) is 38.5 Å². The molecular formula is C14H23NO4. The third kappa shape index (κ3) is 3.69. The standard InChI is InChI=1S/C14H23NO4/c16-12(10-14(13(17)18)6-3-7-14)15-8-5-11-4-1-2-9-19-11/h11H,1-10H2,(H,15,16)(H,17,18). The molecule has 108 valence electrons. The third-order valence-electron chi connectivity index (χ3n) is 4.33. The van der Waals surface area contributed by atoms with E-state index in [1.54, 1.807) is 0 Å². The van der Waals surface area contributed by atoms with Gasteiger partial charge < -0.3 is 15.2 Å². The number of amides is 1.